The molecule has 0 aliphatic carbocycles. The molecule has 0 saturated carbocycles. The molecule has 3 aromatic carbocycles. The molecule has 0 aliphatic rings. The molecule has 0 unspecified atom stereocenters. The number of nitrogens with zero attached hydrogens (tertiary/aromatic N) is 1. The summed E-state index contributed by atoms with van der Waals surface area (Å²) >= 11 is 3.48. The third-order valence-electron chi connectivity index (χ3n) is 3.98. The quantitative estimate of drug-likeness (QED) is 0.422. The molecular formula is C21H16BrNO2. The van der Waals surface area contributed by atoms with E-state index in [9.17, 15) is 5.26 Å². The van der Waals surface area contributed by atoms with E-state index in [1.54, 1.807) is 20.3 Å². The fourth-order valence-corrected chi connectivity index (χ4v) is 3.21. The van der Waals surface area contributed by atoms with Gasteiger partial charge in [0.05, 0.1) is 30.3 Å². The van der Waals surface area contributed by atoms with E-state index in [4.69, 9.17) is 9.47 Å². The zero-order valence-corrected chi connectivity index (χ0v) is 15.5. The third-order valence-corrected chi connectivity index (χ3v) is 4.60. The van der Waals surface area contributed by atoms with Crippen molar-refractivity contribution < 1.29 is 9.47 Å². The van der Waals surface area contributed by atoms with Gasteiger partial charge in [0.2, 0.25) is 0 Å². The van der Waals surface area contributed by atoms with Crippen LogP contribution in [0.25, 0.3) is 22.4 Å². The number of benzene rings is 3. The highest BCUT2D eigenvalue weighted by molar-refractivity contribution is 9.10. The summed E-state index contributed by atoms with van der Waals surface area (Å²) < 4.78 is 11.5. The molecule has 3 rings (SSSR count). The Morgan fingerprint density at radius 2 is 1.68 bits per heavy atom. The number of hydrogen-bond acceptors (Lipinski definition) is 3. The lowest BCUT2D eigenvalue weighted by atomic mass is 10.00. The number of fused-ring (bicyclic) bond motifs is 1. The summed E-state index contributed by atoms with van der Waals surface area (Å²) in [6.45, 7) is 0. The summed E-state index contributed by atoms with van der Waals surface area (Å²) in [6.07, 6.45) is 1.83. The molecule has 0 saturated heterocycles. The summed E-state index contributed by atoms with van der Waals surface area (Å²) in [5.74, 6) is 1.33. The van der Waals surface area contributed by atoms with Crippen molar-refractivity contribution in [3.05, 3.63) is 70.2 Å². The van der Waals surface area contributed by atoms with Crippen LogP contribution in [0.2, 0.25) is 0 Å². The monoisotopic (exact) mass is 393 g/mol. The van der Waals surface area contributed by atoms with Gasteiger partial charge in [0.25, 0.3) is 0 Å². The van der Waals surface area contributed by atoms with Crippen LogP contribution in [0.15, 0.2) is 59.1 Å². The Balaban J connectivity index is 2.11. The summed E-state index contributed by atoms with van der Waals surface area (Å²) in [6, 6.07) is 20.1. The highest BCUT2D eigenvalue weighted by atomic mass is 79.9. The number of ether oxygens (including phenoxy) is 2. The molecule has 3 aromatic rings. The zero-order chi connectivity index (χ0) is 17.8. The predicted molar refractivity (Wildman–Crippen MR) is 105 cm³/mol. The van der Waals surface area contributed by atoms with Gasteiger partial charge in [-0.05, 0) is 50.5 Å². The maximum atomic E-state index is 9.65. The summed E-state index contributed by atoms with van der Waals surface area (Å²) in [4.78, 5) is 0. The van der Waals surface area contributed by atoms with Crippen LogP contribution in [0.1, 0.15) is 11.1 Å². The lowest BCUT2D eigenvalue weighted by Crippen LogP contribution is -1.92. The highest BCUT2D eigenvalue weighted by Crippen LogP contribution is 2.35. The Bertz CT molecular complexity index is 1000. The molecule has 0 atom stereocenters. The molecule has 0 heterocycles. The van der Waals surface area contributed by atoms with Crippen LogP contribution < -0.4 is 9.47 Å². The van der Waals surface area contributed by atoms with Crippen molar-refractivity contribution in [3.8, 4) is 17.6 Å². The third kappa shape index (κ3) is 3.52. The van der Waals surface area contributed by atoms with E-state index in [2.05, 4.69) is 28.1 Å². The van der Waals surface area contributed by atoms with Crippen LogP contribution in [0.4, 0.5) is 0 Å². The van der Waals surface area contributed by atoms with Gasteiger partial charge in [0, 0.05) is 11.6 Å². The lowest BCUT2D eigenvalue weighted by molar-refractivity contribution is 0.392. The van der Waals surface area contributed by atoms with Crippen LogP contribution in [-0.2, 0) is 0 Å². The predicted octanol–water partition coefficient (Wildman–Crippen LogP) is 5.68. The Morgan fingerprint density at radius 3 is 2.36 bits per heavy atom. The summed E-state index contributed by atoms with van der Waals surface area (Å²) in [5, 5.41) is 11.9. The Morgan fingerprint density at radius 1 is 0.960 bits per heavy atom. The fourth-order valence-electron chi connectivity index (χ4n) is 2.69. The second kappa shape index (κ2) is 7.42. The van der Waals surface area contributed by atoms with Crippen molar-refractivity contribution in [1.82, 2.24) is 0 Å². The number of allylic oxidation sites excluding steroid dienone is 1. The number of methoxy groups -OCH3 is 2. The average molecular weight is 394 g/mol. The standard InChI is InChI=1S/C21H16BrNO2/c1-24-20-12-21(25-2)19(22)11-17(20)10-18(13-23)16-8-7-14-5-3-4-6-15(14)9-16/h3-12H,1-2H3/b18-10-. The van der Waals surface area contributed by atoms with E-state index >= 15 is 0 Å². The highest BCUT2D eigenvalue weighted by Gasteiger charge is 2.10. The van der Waals surface area contributed by atoms with Crippen molar-refractivity contribution in [3.63, 3.8) is 0 Å². The van der Waals surface area contributed by atoms with Crippen molar-refractivity contribution in [2.45, 2.75) is 0 Å². The summed E-state index contributed by atoms with van der Waals surface area (Å²) in [5.41, 5.74) is 2.25. The van der Waals surface area contributed by atoms with Gasteiger partial charge >= 0.3 is 0 Å². The van der Waals surface area contributed by atoms with E-state index in [1.807, 2.05) is 48.5 Å². The van der Waals surface area contributed by atoms with Gasteiger partial charge in [0.15, 0.2) is 0 Å². The zero-order valence-electron chi connectivity index (χ0n) is 13.9. The molecule has 4 heteroatoms. The van der Waals surface area contributed by atoms with E-state index in [0.29, 0.717) is 17.1 Å². The van der Waals surface area contributed by atoms with Gasteiger partial charge in [0.1, 0.15) is 11.5 Å². The minimum absolute atomic E-state index is 0.570. The minimum atomic E-state index is 0.570. The van der Waals surface area contributed by atoms with Gasteiger partial charge in [-0.25, -0.2) is 0 Å². The van der Waals surface area contributed by atoms with Crippen molar-refractivity contribution >= 4 is 38.4 Å². The normalized spacial score (nSPS) is 11.2. The first-order valence-corrected chi connectivity index (χ1v) is 8.48. The number of hydrogen-bond donors (Lipinski definition) is 0. The van der Waals surface area contributed by atoms with Gasteiger partial charge in [-0.3, -0.25) is 0 Å². The summed E-state index contributed by atoms with van der Waals surface area (Å²) in [7, 11) is 3.20. The largest absolute Gasteiger partial charge is 0.496 e. The Labute approximate surface area is 155 Å². The number of nitriles is 1. The fraction of sp³-hybridized carbons (Fsp3) is 0.0952. The molecule has 0 N–H and O–H groups in total. The molecule has 0 amide bonds. The van der Waals surface area contributed by atoms with Crippen molar-refractivity contribution in [1.29, 1.82) is 5.26 Å². The average Bonchev–Trinajstić information content (AvgIpc) is 2.65. The molecule has 3 nitrogen and oxygen atoms in total. The number of rotatable bonds is 4. The second-order valence-corrected chi connectivity index (χ2v) is 6.31. The molecule has 0 aromatic heterocycles. The van der Waals surface area contributed by atoms with E-state index < -0.39 is 0 Å². The van der Waals surface area contributed by atoms with Crippen LogP contribution in [0, 0.1) is 11.3 Å². The van der Waals surface area contributed by atoms with Crippen molar-refractivity contribution in [2.24, 2.45) is 0 Å². The van der Waals surface area contributed by atoms with Gasteiger partial charge in [-0.1, -0.05) is 36.4 Å². The van der Waals surface area contributed by atoms with E-state index in [-0.39, 0.29) is 0 Å². The molecule has 0 bridgehead atoms. The maximum Gasteiger partial charge on any atom is 0.136 e. The Hall–Kier alpha value is -2.77. The van der Waals surface area contributed by atoms with Crippen LogP contribution in [0.5, 0.6) is 11.5 Å². The molecule has 25 heavy (non-hydrogen) atoms. The van der Waals surface area contributed by atoms with Gasteiger partial charge < -0.3 is 9.47 Å². The molecule has 124 valence electrons. The second-order valence-electron chi connectivity index (χ2n) is 5.46. The van der Waals surface area contributed by atoms with Crippen LogP contribution >= 0.6 is 15.9 Å². The van der Waals surface area contributed by atoms with Gasteiger partial charge in [-0.2, -0.15) is 5.26 Å². The first kappa shape index (κ1) is 17.1. The lowest BCUT2D eigenvalue weighted by Gasteiger charge is -2.10. The van der Waals surface area contributed by atoms with Gasteiger partial charge in [-0.15, -0.1) is 0 Å². The number of halogens is 1. The first-order chi connectivity index (χ1) is 12.2. The minimum Gasteiger partial charge on any atom is -0.496 e. The molecule has 0 fully saturated rings. The topological polar surface area (TPSA) is 42.2 Å². The molecule has 0 radical (unpaired) electrons. The first-order valence-electron chi connectivity index (χ1n) is 7.68. The van der Waals surface area contributed by atoms with E-state index in [0.717, 1.165) is 26.4 Å². The van der Waals surface area contributed by atoms with Crippen LogP contribution in [0.3, 0.4) is 0 Å². The van der Waals surface area contributed by atoms with E-state index in [1.165, 1.54) is 0 Å². The maximum absolute atomic E-state index is 9.65. The molecular weight excluding hydrogens is 378 g/mol. The molecule has 0 aliphatic heterocycles. The Kier molecular flexibility index (Phi) is 5.06. The van der Waals surface area contributed by atoms with Crippen LogP contribution in [-0.4, -0.2) is 14.2 Å². The smallest absolute Gasteiger partial charge is 0.136 e. The molecule has 0 spiro atoms. The van der Waals surface area contributed by atoms with Crippen molar-refractivity contribution in [2.75, 3.05) is 14.2 Å². The SMILES string of the molecule is COc1cc(OC)c(/C=C(/C#N)c2ccc3ccccc3c2)cc1Br.